The van der Waals surface area contributed by atoms with Crippen molar-refractivity contribution in [2.75, 3.05) is 13.1 Å². The van der Waals surface area contributed by atoms with Crippen LogP contribution in [-0.2, 0) is 6.67 Å². The zero-order valence-electron chi connectivity index (χ0n) is 16.1. The molecule has 3 aromatic heterocycles. The molecular weight excluding hydrogens is 388 g/mol. The Hall–Kier alpha value is -2.16. The topological polar surface area (TPSA) is 52.5 Å². The molecule has 1 N–H and O–H groups in total. The van der Waals surface area contributed by atoms with Crippen LogP contribution in [0.1, 0.15) is 35.2 Å². The standard InChI is InChI=1S/C20H22N6S2/c1-13-10-14(2)26-19(21-13)23-20(27)25(26)12-24-9-5-6-15(11-24)18-22-16-7-3-4-8-17(16)28-18/h3-4,7-8,10,15H,5-6,9,11-12H2,1-2H3/p+1/t15-/m1/s1. The second-order valence-electron chi connectivity index (χ2n) is 7.67. The number of likely N-dealkylation sites (tertiary alicyclic amines) is 1. The van der Waals surface area contributed by atoms with E-state index < -0.39 is 0 Å². The van der Waals surface area contributed by atoms with Gasteiger partial charge in [-0.3, -0.25) is 0 Å². The molecule has 0 aliphatic carbocycles. The van der Waals surface area contributed by atoms with Gasteiger partial charge < -0.3 is 4.90 Å². The first-order valence-electron chi connectivity index (χ1n) is 9.71. The van der Waals surface area contributed by atoms with E-state index in [-0.39, 0.29) is 0 Å². The summed E-state index contributed by atoms with van der Waals surface area (Å²) in [6, 6.07) is 10.5. The molecule has 0 saturated carbocycles. The molecule has 0 amide bonds. The number of quaternary nitrogens is 1. The van der Waals surface area contributed by atoms with Crippen LogP contribution in [0.25, 0.3) is 16.0 Å². The predicted octanol–water partition coefficient (Wildman–Crippen LogP) is 2.91. The summed E-state index contributed by atoms with van der Waals surface area (Å²) < 4.78 is 6.05. The molecule has 1 aromatic carbocycles. The van der Waals surface area contributed by atoms with Crippen molar-refractivity contribution in [1.82, 2.24) is 24.1 Å². The summed E-state index contributed by atoms with van der Waals surface area (Å²) in [5.74, 6) is 1.21. The molecule has 1 aliphatic rings. The number of hydrogen-bond acceptors (Lipinski definition) is 5. The first-order chi connectivity index (χ1) is 13.6. The lowest BCUT2D eigenvalue weighted by Gasteiger charge is -2.29. The normalized spacial score (nSPS) is 20.2. The number of hydrogen-bond donors (Lipinski definition) is 1. The molecule has 8 heteroatoms. The van der Waals surface area contributed by atoms with E-state index in [2.05, 4.69) is 56.4 Å². The minimum atomic E-state index is 0.510. The van der Waals surface area contributed by atoms with Crippen LogP contribution in [0.5, 0.6) is 0 Å². The summed E-state index contributed by atoms with van der Waals surface area (Å²) in [4.78, 5) is 15.5. The average molecular weight is 412 g/mol. The van der Waals surface area contributed by atoms with Crippen LogP contribution in [0.3, 0.4) is 0 Å². The number of benzene rings is 1. The largest absolute Gasteiger partial charge is 0.316 e. The monoisotopic (exact) mass is 411 g/mol. The second kappa shape index (κ2) is 7.02. The average Bonchev–Trinajstić information content (AvgIpc) is 3.23. The van der Waals surface area contributed by atoms with Crippen molar-refractivity contribution in [3.63, 3.8) is 0 Å². The molecule has 0 radical (unpaired) electrons. The molecule has 2 atom stereocenters. The SMILES string of the molecule is Cc1cc(C)n2c(n1)nc(=S)n2C[NH+]1CCC[C@@H](c2nc3ccccc3s2)C1. The first-order valence-corrected chi connectivity index (χ1v) is 10.9. The Labute approximate surface area is 172 Å². The molecule has 4 aromatic rings. The van der Waals surface area contributed by atoms with Crippen LogP contribution in [0.2, 0.25) is 0 Å². The van der Waals surface area contributed by atoms with Crippen molar-refractivity contribution in [3.8, 4) is 0 Å². The van der Waals surface area contributed by atoms with Crippen LogP contribution in [0, 0.1) is 18.6 Å². The fraction of sp³-hybridized carbons (Fsp3) is 0.400. The van der Waals surface area contributed by atoms with Gasteiger partial charge in [0.1, 0.15) is 5.01 Å². The highest BCUT2D eigenvalue weighted by atomic mass is 32.1. The van der Waals surface area contributed by atoms with Gasteiger partial charge in [-0.1, -0.05) is 12.1 Å². The van der Waals surface area contributed by atoms with Gasteiger partial charge in [-0.15, -0.1) is 11.3 Å². The zero-order valence-corrected chi connectivity index (χ0v) is 17.7. The van der Waals surface area contributed by atoms with E-state index in [0.717, 1.165) is 36.7 Å². The third kappa shape index (κ3) is 3.15. The summed E-state index contributed by atoms with van der Waals surface area (Å²) >= 11 is 7.40. The maximum atomic E-state index is 5.56. The number of fused-ring (bicyclic) bond motifs is 2. The number of thiazole rings is 1. The van der Waals surface area contributed by atoms with Crippen LogP contribution >= 0.6 is 23.6 Å². The summed E-state index contributed by atoms with van der Waals surface area (Å²) in [7, 11) is 0. The molecule has 1 aliphatic heterocycles. The summed E-state index contributed by atoms with van der Waals surface area (Å²) in [5, 5.41) is 1.27. The smallest absolute Gasteiger partial charge is 0.252 e. The Morgan fingerprint density at radius 3 is 2.93 bits per heavy atom. The van der Waals surface area contributed by atoms with Crippen LogP contribution in [-0.4, -0.2) is 37.2 Å². The molecule has 5 rings (SSSR count). The van der Waals surface area contributed by atoms with Crippen LogP contribution in [0.4, 0.5) is 0 Å². The maximum absolute atomic E-state index is 5.56. The molecular formula is C20H23N6S2+. The molecule has 1 unspecified atom stereocenters. The highest BCUT2D eigenvalue weighted by molar-refractivity contribution is 7.71. The molecule has 1 saturated heterocycles. The quantitative estimate of drug-likeness (QED) is 0.527. The molecule has 1 fully saturated rings. The van der Waals surface area contributed by atoms with Gasteiger partial charge in [0.2, 0.25) is 4.77 Å². The highest BCUT2D eigenvalue weighted by Gasteiger charge is 2.28. The molecule has 0 bridgehead atoms. The second-order valence-corrected chi connectivity index (χ2v) is 9.09. The third-order valence-corrected chi connectivity index (χ3v) is 7.03. The van der Waals surface area contributed by atoms with Gasteiger partial charge in [-0.2, -0.15) is 4.98 Å². The number of aryl methyl sites for hydroxylation is 2. The Morgan fingerprint density at radius 1 is 1.21 bits per heavy atom. The minimum Gasteiger partial charge on any atom is -0.316 e. The molecule has 144 valence electrons. The Balaban J connectivity index is 1.42. The lowest BCUT2D eigenvalue weighted by atomic mass is 9.99. The summed E-state index contributed by atoms with van der Waals surface area (Å²) in [6.45, 7) is 7.12. The van der Waals surface area contributed by atoms with Crippen molar-refractivity contribution < 1.29 is 4.90 Å². The summed E-state index contributed by atoms with van der Waals surface area (Å²) in [5.41, 5.74) is 3.21. The molecule has 28 heavy (non-hydrogen) atoms. The zero-order chi connectivity index (χ0) is 19.3. The first kappa shape index (κ1) is 17.9. The number of nitrogens with one attached hydrogen (secondary N) is 1. The number of piperidine rings is 1. The van der Waals surface area contributed by atoms with Crippen LogP contribution < -0.4 is 4.90 Å². The van der Waals surface area contributed by atoms with E-state index in [1.165, 1.54) is 27.4 Å². The highest BCUT2D eigenvalue weighted by Crippen LogP contribution is 2.30. The Bertz CT molecular complexity index is 1190. The van der Waals surface area contributed by atoms with E-state index in [9.17, 15) is 0 Å². The Morgan fingerprint density at radius 2 is 2.07 bits per heavy atom. The van der Waals surface area contributed by atoms with Crippen molar-refractivity contribution in [3.05, 3.63) is 51.5 Å². The third-order valence-electron chi connectivity index (χ3n) is 5.53. The van der Waals surface area contributed by atoms with Gasteiger partial charge in [0.05, 0.1) is 29.2 Å². The lowest BCUT2D eigenvalue weighted by molar-refractivity contribution is -0.929. The molecule has 4 heterocycles. The van der Waals surface area contributed by atoms with E-state index in [1.807, 2.05) is 18.3 Å². The van der Waals surface area contributed by atoms with E-state index in [0.29, 0.717) is 16.5 Å². The fourth-order valence-corrected chi connectivity index (χ4v) is 5.61. The van der Waals surface area contributed by atoms with Gasteiger partial charge in [-0.05, 0) is 57.1 Å². The number of nitrogens with zero attached hydrogens (tertiary/aromatic N) is 5. The van der Waals surface area contributed by atoms with E-state index >= 15 is 0 Å². The van der Waals surface area contributed by atoms with Gasteiger partial charge in [0.25, 0.3) is 5.78 Å². The van der Waals surface area contributed by atoms with Gasteiger partial charge >= 0.3 is 0 Å². The number of aromatic nitrogens is 5. The molecule has 0 spiro atoms. The fourth-order valence-electron chi connectivity index (χ4n) is 4.28. The molecule has 6 nitrogen and oxygen atoms in total. The van der Waals surface area contributed by atoms with Gasteiger partial charge in [0, 0.05) is 11.4 Å². The van der Waals surface area contributed by atoms with Crippen molar-refractivity contribution in [2.45, 2.75) is 39.3 Å². The summed E-state index contributed by atoms with van der Waals surface area (Å²) in [6.07, 6.45) is 2.41. The van der Waals surface area contributed by atoms with Crippen LogP contribution in [0.15, 0.2) is 30.3 Å². The van der Waals surface area contributed by atoms with Crippen molar-refractivity contribution in [1.29, 1.82) is 0 Å². The van der Waals surface area contributed by atoms with Crippen molar-refractivity contribution >= 4 is 39.5 Å². The number of para-hydroxylation sites is 1. The van der Waals surface area contributed by atoms with E-state index in [1.54, 1.807) is 0 Å². The minimum absolute atomic E-state index is 0.510. The van der Waals surface area contributed by atoms with E-state index in [4.69, 9.17) is 17.2 Å². The van der Waals surface area contributed by atoms with Gasteiger partial charge in [-0.25, -0.2) is 19.2 Å². The van der Waals surface area contributed by atoms with Gasteiger partial charge in [0.15, 0.2) is 6.67 Å². The maximum Gasteiger partial charge on any atom is 0.252 e. The van der Waals surface area contributed by atoms with Crippen molar-refractivity contribution in [2.24, 2.45) is 0 Å². The lowest BCUT2D eigenvalue weighted by Crippen LogP contribution is -3.12. The Kier molecular flexibility index (Phi) is 4.49. The predicted molar refractivity (Wildman–Crippen MR) is 114 cm³/mol. The number of rotatable bonds is 3.